The topological polar surface area (TPSA) is 48.9 Å². The quantitative estimate of drug-likeness (QED) is 0.773. The molecular weight excluding hydrogens is 188 g/mol. The van der Waals surface area contributed by atoms with Crippen molar-refractivity contribution in [2.24, 2.45) is 0 Å². The van der Waals surface area contributed by atoms with Crippen LogP contribution in [0.1, 0.15) is 28.6 Å². The summed E-state index contributed by atoms with van der Waals surface area (Å²) >= 11 is 0. The Morgan fingerprint density at radius 2 is 2.27 bits per heavy atom. The minimum atomic E-state index is 0.0291. The number of aromatic amines is 1. The fraction of sp³-hybridized carbons (Fsp3) is 0.250. The van der Waals surface area contributed by atoms with Crippen LogP contribution in [0.25, 0.3) is 0 Å². The van der Waals surface area contributed by atoms with Crippen LogP contribution < -0.4 is 0 Å². The highest BCUT2D eigenvalue weighted by molar-refractivity contribution is 5.44. The van der Waals surface area contributed by atoms with Crippen molar-refractivity contribution in [3.8, 4) is 0 Å². The Labute approximate surface area is 87.8 Å². The standard InChI is InChI=1S/C12H12N2O/c15-7-9-6-13-12(14-9)11-5-8-3-1-2-4-10(8)11/h1-4,6,11,15H,5,7H2,(H,13,14). The number of hydrogen-bond donors (Lipinski definition) is 2. The zero-order valence-corrected chi connectivity index (χ0v) is 8.27. The Bertz CT molecular complexity index is 490. The molecule has 1 heterocycles. The number of aliphatic hydroxyl groups excluding tert-OH is 1. The zero-order chi connectivity index (χ0) is 10.3. The highest BCUT2D eigenvalue weighted by atomic mass is 16.3. The van der Waals surface area contributed by atoms with Crippen LogP contribution >= 0.6 is 0 Å². The predicted molar refractivity (Wildman–Crippen MR) is 56.5 cm³/mol. The van der Waals surface area contributed by atoms with E-state index >= 15 is 0 Å². The van der Waals surface area contributed by atoms with E-state index in [1.165, 1.54) is 11.1 Å². The van der Waals surface area contributed by atoms with Crippen molar-refractivity contribution in [3.05, 3.63) is 53.1 Å². The van der Waals surface area contributed by atoms with E-state index in [0.717, 1.165) is 17.9 Å². The van der Waals surface area contributed by atoms with Gasteiger partial charge in [0.15, 0.2) is 0 Å². The highest BCUT2D eigenvalue weighted by Crippen LogP contribution is 2.38. The zero-order valence-electron chi connectivity index (χ0n) is 8.27. The third-order valence-electron chi connectivity index (χ3n) is 3.00. The van der Waals surface area contributed by atoms with Crippen LogP contribution in [0.15, 0.2) is 30.5 Å². The average Bonchev–Trinajstić information content (AvgIpc) is 2.68. The minimum absolute atomic E-state index is 0.0291. The van der Waals surface area contributed by atoms with Gasteiger partial charge in [0.05, 0.1) is 18.5 Å². The normalized spacial score (nSPS) is 18.3. The molecule has 1 aromatic carbocycles. The molecule has 1 atom stereocenters. The molecule has 1 unspecified atom stereocenters. The summed E-state index contributed by atoms with van der Waals surface area (Å²) in [5.41, 5.74) is 3.55. The van der Waals surface area contributed by atoms with Crippen LogP contribution in [0.4, 0.5) is 0 Å². The Morgan fingerprint density at radius 1 is 1.40 bits per heavy atom. The molecule has 3 nitrogen and oxygen atoms in total. The van der Waals surface area contributed by atoms with Crippen LogP contribution in [-0.4, -0.2) is 15.1 Å². The molecule has 0 bridgehead atoms. The Balaban J connectivity index is 1.93. The molecule has 1 aromatic heterocycles. The number of nitrogens with one attached hydrogen (secondary N) is 1. The second kappa shape index (κ2) is 3.21. The fourth-order valence-electron chi connectivity index (χ4n) is 2.14. The molecular formula is C12H12N2O. The van der Waals surface area contributed by atoms with Gasteiger partial charge in [-0.25, -0.2) is 4.98 Å². The van der Waals surface area contributed by atoms with E-state index in [2.05, 4.69) is 34.2 Å². The molecule has 3 heteroatoms. The Morgan fingerprint density at radius 3 is 3.00 bits per heavy atom. The lowest BCUT2D eigenvalue weighted by molar-refractivity contribution is 0.277. The fourth-order valence-corrected chi connectivity index (χ4v) is 2.14. The number of benzene rings is 1. The molecule has 0 aliphatic heterocycles. The second-order valence-corrected chi connectivity index (χ2v) is 3.91. The number of aromatic nitrogens is 2. The number of H-pyrrole nitrogens is 1. The second-order valence-electron chi connectivity index (χ2n) is 3.91. The van der Waals surface area contributed by atoms with Crippen molar-refractivity contribution in [1.82, 2.24) is 9.97 Å². The third kappa shape index (κ3) is 1.27. The van der Waals surface area contributed by atoms with Gasteiger partial charge < -0.3 is 10.1 Å². The molecule has 2 aromatic rings. The van der Waals surface area contributed by atoms with Gasteiger partial charge in [0.1, 0.15) is 5.82 Å². The number of rotatable bonds is 2. The molecule has 0 spiro atoms. The van der Waals surface area contributed by atoms with Gasteiger partial charge in [-0.15, -0.1) is 0 Å². The lowest BCUT2D eigenvalue weighted by Crippen LogP contribution is -2.19. The molecule has 0 fully saturated rings. The van der Waals surface area contributed by atoms with Gasteiger partial charge in [0.25, 0.3) is 0 Å². The molecule has 0 amide bonds. The first kappa shape index (κ1) is 8.68. The van der Waals surface area contributed by atoms with Gasteiger partial charge >= 0.3 is 0 Å². The van der Waals surface area contributed by atoms with Crippen LogP contribution in [0, 0.1) is 0 Å². The maximum Gasteiger partial charge on any atom is 0.114 e. The molecule has 0 saturated heterocycles. The van der Waals surface area contributed by atoms with Gasteiger partial charge in [-0.3, -0.25) is 0 Å². The molecule has 3 rings (SSSR count). The lowest BCUT2D eigenvalue weighted by Gasteiger charge is -2.28. The third-order valence-corrected chi connectivity index (χ3v) is 3.00. The summed E-state index contributed by atoms with van der Waals surface area (Å²) in [6.45, 7) is 0.0291. The van der Waals surface area contributed by atoms with Gasteiger partial charge in [0, 0.05) is 5.92 Å². The largest absolute Gasteiger partial charge is 0.390 e. The summed E-state index contributed by atoms with van der Waals surface area (Å²) in [5, 5.41) is 8.95. The van der Waals surface area contributed by atoms with Crippen LogP contribution in [0.3, 0.4) is 0 Å². The molecule has 0 saturated carbocycles. The number of hydrogen-bond acceptors (Lipinski definition) is 2. The summed E-state index contributed by atoms with van der Waals surface area (Å²) < 4.78 is 0. The van der Waals surface area contributed by atoms with Crippen LogP contribution in [-0.2, 0) is 13.0 Å². The van der Waals surface area contributed by atoms with Crippen molar-refractivity contribution in [3.63, 3.8) is 0 Å². The highest BCUT2D eigenvalue weighted by Gasteiger charge is 2.28. The van der Waals surface area contributed by atoms with Crippen molar-refractivity contribution >= 4 is 0 Å². The summed E-state index contributed by atoms with van der Waals surface area (Å²) in [4.78, 5) is 7.44. The van der Waals surface area contributed by atoms with Crippen molar-refractivity contribution in [2.45, 2.75) is 18.9 Å². The summed E-state index contributed by atoms with van der Waals surface area (Å²) in [6, 6.07) is 8.42. The first-order chi connectivity index (χ1) is 7.38. The van der Waals surface area contributed by atoms with Gasteiger partial charge in [-0.1, -0.05) is 24.3 Å². The maximum atomic E-state index is 8.95. The average molecular weight is 200 g/mol. The molecule has 1 aliphatic rings. The smallest absolute Gasteiger partial charge is 0.114 e. The van der Waals surface area contributed by atoms with Crippen molar-refractivity contribution in [2.75, 3.05) is 0 Å². The van der Waals surface area contributed by atoms with E-state index in [1.807, 2.05) is 0 Å². The van der Waals surface area contributed by atoms with Gasteiger partial charge in [-0.05, 0) is 17.5 Å². The van der Waals surface area contributed by atoms with E-state index in [9.17, 15) is 0 Å². The molecule has 1 aliphatic carbocycles. The van der Waals surface area contributed by atoms with E-state index in [1.54, 1.807) is 6.20 Å². The summed E-state index contributed by atoms with van der Waals surface area (Å²) in [7, 11) is 0. The first-order valence-corrected chi connectivity index (χ1v) is 5.11. The minimum Gasteiger partial charge on any atom is -0.390 e. The van der Waals surface area contributed by atoms with Crippen molar-refractivity contribution in [1.29, 1.82) is 0 Å². The van der Waals surface area contributed by atoms with E-state index in [0.29, 0.717) is 5.92 Å². The predicted octanol–water partition coefficient (Wildman–Crippen LogP) is 1.59. The molecule has 2 N–H and O–H groups in total. The van der Waals surface area contributed by atoms with E-state index < -0.39 is 0 Å². The SMILES string of the molecule is OCc1cnc(C2Cc3ccccc32)[nH]1. The number of nitrogens with zero attached hydrogens (tertiary/aromatic N) is 1. The number of aliphatic hydroxyl groups is 1. The lowest BCUT2D eigenvalue weighted by atomic mass is 9.77. The number of fused-ring (bicyclic) bond motifs is 1. The molecule has 0 radical (unpaired) electrons. The van der Waals surface area contributed by atoms with E-state index in [-0.39, 0.29) is 6.61 Å². The molecule has 76 valence electrons. The summed E-state index contributed by atoms with van der Waals surface area (Å²) in [5.74, 6) is 1.36. The van der Waals surface area contributed by atoms with Gasteiger partial charge in [0.2, 0.25) is 0 Å². The monoisotopic (exact) mass is 200 g/mol. The van der Waals surface area contributed by atoms with Gasteiger partial charge in [-0.2, -0.15) is 0 Å². The maximum absolute atomic E-state index is 8.95. The molecule has 15 heavy (non-hydrogen) atoms. The first-order valence-electron chi connectivity index (χ1n) is 5.11. The van der Waals surface area contributed by atoms with Crippen LogP contribution in [0.5, 0.6) is 0 Å². The number of imidazole rings is 1. The summed E-state index contributed by atoms with van der Waals surface area (Å²) in [6.07, 6.45) is 2.75. The Hall–Kier alpha value is -1.61. The van der Waals surface area contributed by atoms with E-state index in [4.69, 9.17) is 5.11 Å². The Kier molecular flexibility index (Phi) is 1.86. The van der Waals surface area contributed by atoms with Crippen LogP contribution in [0.2, 0.25) is 0 Å². The van der Waals surface area contributed by atoms with Crippen molar-refractivity contribution < 1.29 is 5.11 Å².